The number of hydrogen-bond acceptors (Lipinski definition) is 3. The number of rotatable bonds is 3. The van der Waals surface area contributed by atoms with Gasteiger partial charge in [-0.3, -0.25) is 0 Å². The number of nitrogens with two attached hydrogens (primary N) is 1. The Kier molecular flexibility index (Phi) is 2.63. The van der Waals surface area contributed by atoms with Crippen molar-refractivity contribution in [3.63, 3.8) is 0 Å². The van der Waals surface area contributed by atoms with Crippen molar-refractivity contribution < 1.29 is 9.47 Å². The standard InChI is InChI=1S/C9H17NO2/c10-8-5-7(8)6-12-9-3-1-2-4-11-9/h7-9H,1-6,10H2. The molecule has 0 aromatic rings. The molecule has 0 aromatic heterocycles. The second-order valence-electron chi connectivity index (χ2n) is 3.79. The summed E-state index contributed by atoms with van der Waals surface area (Å²) in [5, 5.41) is 0. The fraction of sp³-hybridized carbons (Fsp3) is 1.00. The number of hydrogen-bond donors (Lipinski definition) is 1. The molecule has 0 aromatic carbocycles. The van der Waals surface area contributed by atoms with Crippen molar-refractivity contribution in [1.29, 1.82) is 0 Å². The van der Waals surface area contributed by atoms with Crippen molar-refractivity contribution in [2.75, 3.05) is 13.2 Å². The first kappa shape index (κ1) is 8.48. The van der Waals surface area contributed by atoms with Crippen LogP contribution in [0.5, 0.6) is 0 Å². The van der Waals surface area contributed by atoms with E-state index in [1.165, 1.54) is 12.8 Å². The van der Waals surface area contributed by atoms with Crippen LogP contribution in [0.2, 0.25) is 0 Å². The minimum atomic E-state index is 0.0616. The summed E-state index contributed by atoms with van der Waals surface area (Å²) in [4.78, 5) is 0. The van der Waals surface area contributed by atoms with Gasteiger partial charge in [0, 0.05) is 12.6 Å². The lowest BCUT2D eigenvalue weighted by Crippen LogP contribution is -2.23. The summed E-state index contributed by atoms with van der Waals surface area (Å²) >= 11 is 0. The maximum absolute atomic E-state index is 5.66. The largest absolute Gasteiger partial charge is 0.353 e. The van der Waals surface area contributed by atoms with Crippen LogP contribution >= 0.6 is 0 Å². The van der Waals surface area contributed by atoms with Gasteiger partial charge in [-0.2, -0.15) is 0 Å². The quantitative estimate of drug-likeness (QED) is 0.685. The molecular formula is C9H17NO2. The van der Waals surface area contributed by atoms with Crippen LogP contribution in [-0.4, -0.2) is 25.5 Å². The van der Waals surface area contributed by atoms with E-state index in [0.29, 0.717) is 12.0 Å². The molecule has 2 fully saturated rings. The van der Waals surface area contributed by atoms with Gasteiger partial charge in [-0.15, -0.1) is 0 Å². The second kappa shape index (κ2) is 3.73. The monoisotopic (exact) mass is 171 g/mol. The van der Waals surface area contributed by atoms with Crippen LogP contribution in [0.3, 0.4) is 0 Å². The lowest BCUT2D eigenvalue weighted by Gasteiger charge is -2.22. The van der Waals surface area contributed by atoms with Gasteiger partial charge in [0.2, 0.25) is 0 Å². The van der Waals surface area contributed by atoms with Crippen molar-refractivity contribution >= 4 is 0 Å². The van der Waals surface area contributed by atoms with Gasteiger partial charge in [-0.05, 0) is 31.6 Å². The fourth-order valence-corrected chi connectivity index (χ4v) is 1.54. The van der Waals surface area contributed by atoms with E-state index in [0.717, 1.165) is 26.1 Å². The van der Waals surface area contributed by atoms with E-state index >= 15 is 0 Å². The van der Waals surface area contributed by atoms with Crippen LogP contribution in [0.4, 0.5) is 0 Å². The Morgan fingerprint density at radius 2 is 2.25 bits per heavy atom. The highest BCUT2D eigenvalue weighted by Crippen LogP contribution is 2.28. The smallest absolute Gasteiger partial charge is 0.157 e. The first-order chi connectivity index (χ1) is 5.86. The average Bonchev–Trinajstić information content (AvgIpc) is 2.81. The average molecular weight is 171 g/mol. The maximum atomic E-state index is 5.66. The third-order valence-corrected chi connectivity index (χ3v) is 2.61. The molecule has 2 rings (SSSR count). The molecule has 12 heavy (non-hydrogen) atoms. The van der Waals surface area contributed by atoms with Gasteiger partial charge in [0.25, 0.3) is 0 Å². The highest BCUT2D eigenvalue weighted by molar-refractivity contribution is 4.89. The lowest BCUT2D eigenvalue weighted by molar-refractivity contribution is -0.164. The molecule has 1 saturated carbocycles. The van der Waals surface area contributed by atoms with Gasteiger partial charge in [0.05, 0.1) is 6.61 Å². The maximum Gasteiger partial charge on any atom is 0.157 e. The first-order valence-electron chi connectivity index (χ1n) is 4.85. The minimum Gasteiger partial charge on any atom is -0.353 e. The molecule has 0 bridgehead atoms. The van der Waals surface area contributed by atoms with Gasteiger partial charge >= 0.3 is 0 Å². The van der Waals surface area contributed by atoms with Crippen LogP contribution < -0.4 is 5.73 Å². The molecule has 3 nitrogen and oxygen atoms in total. The van der Waals surface area contributed by atoms with E-state index in [-0.39, 0.29) is 6.29 Å². The molecule has 1 saturated heterocycles. The molecule has 1 aliphatic carbocycles. The molecule has 0 spiro atoms. The summed E-state index contributed by atoms with van der Waals surface area (Å²) in [6.07, 6.45) is 4.67. The summed E-state index contributed by atoms with van der Waals surface area (Å²) < 4.78 is 11.0. The van der Waals surface area contributed by atoms with Crippen molar-refractivity contribution in [2.24, 2.45) is 11.7 Å². The normalized spacial score (nSPS) is 41.2. The topological polar surface area (TPSA) is 44.5 Å². The van der Waals surface area contributed by atoms with Crippen molar-refractivity contribution in [1.82, 2.24) is 0 Å². The predicted molar refractivity (Wildman–Crippen MR) is 45.6 cm³/mol. The van der Waals surface area contributed by atoms with Crippen LogP contribution in [0.25, 0.3) is 0 Å². The molecular weight excluding hydrogens is 154 g/mol. The Balaban J connectivity index is 1.59. The fourth-order valence-electron chi connectivity index (χ4n) is 1.54. The first-order valence-corrected chi connectivity index (χ1v) is 4.85. The van der Waals surface area contributed by atoms with E-state index in [9.17, 15) is 0 Å². The third kappa shape index (κ3) is 2.19. The lowest BCUT2D eigenvalue weighted by atomic mass is 10.2. The summed E-state index contributed by atoms with van der Waals surface area (Å²) in [6.45, 7) is 1.66. The molecule has 2 N–H and O–H groups in total. The van der Waals surface area contributed by atoms with E-state index in [4.69, 9.17) is 15.2 Å². The molecule has 1 aliphatic heterocycles. The second-order valence-corrected chi connectivity index (χ2v) is 3.79. The SMILES string of the molecule is NC1CC1COC1CCCCO1. The molecule has 3 heteroatoms. The van der Waals surface area contributed by atoms with Crippen molar-refractivity contribution in [3.05, 3.63) is 0 Å². The van der Waals surface area contributed by atoms with Gasteiger partial charge in [0.1, 0.15) is 0 Å². The summed E-state index contributed by atoms with van der Waals surface area (Å²) in [5.41, 5.74) is 5.66. The zero-order chi connectivity index (χ0) is 8.39. The van der Waals surface area contributed by atoms with Crippen molar-refractivity contribution in [2.45, 2.75) is 38.0 Å². The van der Waals surface area contributed by atoms with E-state index in [1.807, 2.05) is 0 Å². The zero-order valence-electron chi connectivity index (χ0n) is 7.37. The van der Waals surface area contributed by atoms with Crippen LogP contribution in [-0.2, 0) is 9.47 Å². The van der Waals surface area contributed by atoms with Crippen LogP contribution in [0, 0.1) is 5.92 Å². The minimum absolute atomic E-state index is 0.0616. The molecule has 2 aliphatic rings. The summed E-state index contributed by atoms with van der Waals surface area (Å²) in [5.74, 6) is 0.607. The summed E-state index contributed by atoms with van der Waals surface area (Å²) in [7, 11) is 0. The third-order valence-electron chi connectivity index (χ3n) is 2.61. The molecule has 0 radical (unpaired) electrons. The molecule has 1 heterocycles. The van der Waals surface area contributed by atoms with Crippen LogP contribution in [0.1, 0.15) is 25.7 Å². The van der Waals surface area contributed by atoms with E-state index < -0.39 is 0 Å². The van der Waals surface area contributed by atoms with Gasteiger partial charge in [-0.1, -0.05) is 0 Å². The van der Waals surface area contributed by atoms with Crippen LogP contribution in [0.15, 0.2) is 0 Å². The molecule has 0 amide bonds. The van der Waals surface area contributed by atoms with E-state index in [2.05, 4.69) is 0 Å². The Bertz CT molecular complexity index is 145. The molecule has 70 valence electrons. The Morgan fingerprint density at radius 1 is 1.42 bits per heavy atom. The Labute approximate surface area is 73.2 Å². The van der Waals surface area contributed by atoms with Crippen molar-refractivity contribution in [3.8, 4) is 0 Å². The van der Waals surface area contributed by atoms with E-state index in [1.54, 1.807) is 0 Å². The van der Waals surface area contributed by atoms with Gasteiger partial charge < -0.3 is 15.2 Å². The zero-order valence-corrected chi connectivity index (χ0v) is 7.37. The number of ether oxygens (including phenoxy) is 2. The van der Waals surface area contributed by atoms with Gasteiger partial charge in [0.15, 0.2) is 6.29 Å². The van der Waals surface area contributed by atoms with Gasteiger partial charge in [-0.25, -0.2) is 0 Å². The predicted octanol–water partition coefficient (Wildman–Crippen LogP) is 0.877. The Hall–Kier alpha value is -0.120. The molecule has 3 unspecified atom stereocenters. The molecule has 3 atom stereocenters. The summed E-state index contributed by atoms with van der Waals surface area (Å²) in [6, 6.07) is 0.397. The highest BCUT2D eigenvalue weighted by atomic mass is 16.7. The Morgan fingerprint density at radius 3 is 2.83 bits per heavy atom. The highest BCUT2D eigenvalue weighted by Gasteiger charge is 2.34.